The molecule has 0 aromatic carbocycles. The molecule has 0 aliphatic carbocycles. The van der Waals surface area contributed by atoms with Crippen LogP contribution in [0.5, 0.6) is 0 Å². The van der Waals surface area contributed by atoms with E-state index in [2.05, 4.69) is 0 Å². The van der Waals surface area contributed by atoms with Gasteiger partial charge in [-0.3, -0.25) is 0 Å². The first kappa shape index (κ1) is 108. The smallest absolute Gasteiger partial charge is 0 e. The van der Waals surface area contributed by atoms with Gasteiger partial charge in [-0.15, -0.1) is 0 Å². The van der Waals surface area contributed by atoms with E-state index >= 15 is 0 Å². The van der Waals surface area contributed by atoms with Crippen molar-refractivity contribution < 1.29 is 31.7 Å². The van der Waals surface area contributed by atoms with Crippen molar-refractivity contribution >= 4 is 0 Å². The maximum Gasteiger partial charge on any atom is 0 e. The van der Waals surface area contributed by atoms with E-state index < -0.39 is 0 Å². The Morgan fingerprint density at radius 2 is 0.857 bits per heavy atom. The average molecular weight is 187 g/mol. The van der Waals surface area contributed by atoms with Gasteiger partial charge in [-0.1, -0.05) is 28.7 Å². The molecule has 0 aliphatic rings. The van der Waals surface area contributed by atoms with Crippen LogP contribution in [0.4, 0.5) is 0 Å². The fourth-order valence-electron chi connectivity index (χ4n) is 0. The van der Waals surface area contributed by atoms with Crippen molar-refractivity contribution in [1.29, 1.82) is 0 Å². The molecule has 3 N–H and O–H groups in total. The maximum atomic E-state index is 2.00. The van der Waals surface area contributed by atoms with Crippen molar-refractivity contribution in [2.75, 3.05) is 0 Å². The third kappa shape index (κ3) is 226. The standard InChI is InChI=1S/C2H6.2CH4.CH3.H2O.Zr/c1-2;;;;;/h1-2H3;2*1H4;1H3;1H2;/q;;;-1;;/p+1. The molecule has 0 unspecified atom stereocenters. The second-order valence-electron chi connectivity index (χ2n) is 0. The van der Waals surface area contributed by atoms with Gasteiger partial charge in [0.1, 0.15) is 0 Å². The van der Waals surface area contributed by atoms with Gasteiger partial charge in [0.15, 0.2) is 0 Å². The van der Waals surface area contributed by atoms with E-state index in [4.69, 9.17) is 0 Å². The summed E-state index contributed by atoms with van der Waals surface area (Å²) in [6, 6.07) is 0. The van der Waals surface area contributed by atoms with Gasteiger partial charge in [0.25, 0.3) is 0 Å². The average Bonchev–Trinajstić information content (AvgIpc) is 1.00. The van der Waals surface area contributed by atoms with E-state index in [1.54, 1.807) is 0 Å². The summed E-state index contributed by atoms with van der Waals surface area (Å²) >= 11 is 0. The Labute approximate surface area is 67.9 Å². The summed E-state index contributed by atoms with van der Waals surface area (Å²) in [5, 5.41) is 0. The Balaban J connectivity index is -0.000000000500. The molecule has 0 aromatic rings. The van der Waals surface area contributed by atoms with Gasteiger partial charge >= 0.3 is 0 Å². The van der Waals surface area contributed by atoms with Crippen LogP contribution in [0, 0.1) is 7.43 Å². The van der Waals surface area contributed by atoms with E-state index in [1.807, 2.05) is 13.8 Å². The van der Waals surface area contributed by atoms with Crippen LogP contribution in [0.3, 0.4) is 0 Å². The first-order valence-corrected chi connectivity index (χ1v) is 1.00. The Morgan fingerprint density at radius 1 is 0.857 bits per heavy atom. The van der Waals surface area contributed by atoms with Crippen molar-refractivity contribution in [2.45, 2.75) is 28.7 Å². The van der Waals surface area contributed by atoms with Gasteiger partial charge in [0.2, 0.25) is 0 Å². The van der Waals surface area contributed by atoms with Crippen molar-refractivity contribution in [3.63, 3.8) is 0 Å². The summed E-state index contributed by atoms with van der Waals surface area (Å²) in [5.41, 5.74) is 0. The molecule has 0 bridgehead atoms. The molecule has 0 heterocycles. The zero-order valence-electron chi connectivity index (χ0n) is 4.08. The predicted molar refractivity (Wildman–Crippen MR) is 36.1 cm³/mol. The third-order valence-electron chi connectivity index (χ3n) is 0. The topological polar surface area (TPSA) is 33.0 Å². The summed E-state index contributed by atoms with van der Waals surface area (Å²) in [4.78, 5) is 0. The molecular weight excluding hydrogens is 167 g/mol. The summed E-state index contributed by atoms with van der Waals surface area (Å²) < 4.78 is 0. The molecule has 0 saturated carbocycles. The Hall–Kier alpha value is 0.843. The van der Waals surface area contributed by atoms with E-state index in [0.29, 0.717) is 0 Å². The van der Waals surface area contributed by atoms with Gasteiger partial charge in [-0.2, -0.15) is 0 Å². The molecule has 0 radical (unpaired) electrons. The fourth-order valence-corrected chi connectivity index (χ4v) is 0. The molecule has 0 amide bonds. The zero-order chi connectivity index (χ0) is 2.00. The van der Waals surface area contributed by atoms with Crippen molar-refractivity contribution in [2.24, 2.45) is 0 Å². The van der Waals surface area contributed by atoms with Gasteiger partial charge in [0, 0.05) is 26.2 Å². The number of hydrogen-bond donors (Lipinski definition) is 0. The summed E-state index contributed by atoms with van der Waals surface area (Å²) in [7, 11) is 0. The largest absolute Gasteiger partial charge is 0.457 e. The van der Waals surface area contributed by atoms with E-state index in [0.717, 1.165) is 0 Å². The van der Waals surface area contributed by atoms with Crippen molar-refractivity contribution in [1.82, 2.24) is 0 Å². The van der Waals surface area contributed by atoms with Crippen LogP contribution in [-0.4, -0.2) is 0 Å². The quantitative estimate of drug-likeness (QED) is 0.409. The molecule has 1 nitrogen and oxygen atoms in total. The molecule has 0 fully saturated rings. The van der Waals surface area contributed by atoms with Gasteiger partial charge in [-0.25, -0.2) is 0 Å². The third-order valence-corrected chi connectivity index (χ3v) is 0. The van der Waals surface area contributed by atoms with Crippen LogP contribution in [-0.2, 0) is 31.7 Å². The van der Waals surface area contributed by atoms with Crippen LogP contribution < -0.4 is 0 Å². The van der Waals surface area contributed by atoms with Gasteiger partial charge in [-0.05, 0) is 0 Å². The Bertz CT molecular complexity index is 8.04. The maximum absolute atomic E-state index is 2.00. The summed E-state index contributed by atoms with van der Waals surface area (Å²) in [6.07, 6.45) is 0. The van der Waals surface area contributed by atoms with Crippen LogP contribution in [0.15, 0.2) is 0 Å². The minimum atomic E-state index is 0. The van der Waals surface area contributed by atoms with Crippen LogP contribution >= 0.6 is 0 Å². The molecule has 0 rings (SSSR count). The minimum Gasteiger partial charge on any atom is -0.457 e. The minimum absolute atomic E-state index is 0. The predicted octanol–water partition coefficient (Wildman–Crippen LogP) is 1.82. The summed E-state index contributed by atoms with van der Waals surface area (Å²) in [6.45, 7) is 4.00. The normalized spacial score (nSPS) is 0.857. The molecule has 0 aliphatic heterocycles. The van der Waals surface area contributed by atoms with Crippen molar-refractivity contribution in [3.8, 4) is 0 Å². The number of rotatable bonds is 0. The Morgan fingerprint density at radius 3 is 0.857 bits per heavy atom. The SMILES string of the molecule is C.C.CC.[CH3-].[OH3+].[Zr]. The van der Waals surface area contributed by atoms with E-state index in [9.17, 15) is 0 Å². The molecule has 0 aromatic heterocycles. The van der Waals surface area contributed by atoms with Crippen LogP contribution in [0.25, 0.3) is 0 Å². The molecule has 0 saturated heterocycles. The Kier molecular flexibility index (Phi) is 5080. The first-order valence-electron chi connectivity index (χ1n) is 1.00. The second-order valence-corrected chi connectivity index (χ2v) is 0. The van der Waals surface area contributed by atoms with Crippen molar-refractivity contribution in [3.05, 3.63) is 7.43 Å². The monoisotopic (exact) mass is 186 g/mol. The molecule has 7 heavy (non-hydrogen) atoms. The zero-order valence-corrected chi connectivity index (χ0v) is 6.54. The molecule has 0 atom stereocenters. The molecule has 50 valence electrons. The molecule has 0 spiro atoms. The molecular formula is C5H20OZr. The first-order chi connectivity index (χ1) is 1.00. The molecule has 2 heteroatoms. The second kappa shape index (κ2) is 329. The fraction of sp³-hybridized carbons (Fsp3) is 0.800. The van der Waals surface area contributed by atoms with Crippen LogP contribution in [0.2, 0.25) is 0 Å². The van der Waals surface area contributed by atoms with Crippen LogP contribution in [0.1, 0.15) is 28.7 Å². The van der Waals surface area contributed by atoms with E-state index in [-0.39, 0.29) is 54.0 Å². The van der Waals surface area contributed by atoms with Gasteiger partial charge in [0.05, 0.1) is 0 Å². The van der Waals surface area contributed by atoms with E-state index in [1.165, 1.54) is 0 Å². The van der Waals surface area contributed by atoms with Gasteiger partial charge < -0.3 is 12.9 Å². The number of hydrogen-bond acceptors (Lipinski definition) is 0. The summed E-state index contributed by atoms with van der Waals surface area (Å²) in [5.74, 6) is 0.